The van der Waals surface area contributed by atoms with Gasteiger partial charge < -0.3 is 19.2 Å². The van der Waals surface area contributed by atoms with E-state index >= 15 is 0 Å². The first kappa shape index (κ1) is 15.7. The maximum absolute atomic E-state index is 12.9. The van der Waals surface area contributed by atoms with Gasteiger partial charge in [-0.15, -0.1) is 0 Å². The summed E-state index contributed by atoms with van der Waals surface area (Å²) in [7, 11) is 0. The molecular formula is C18H19N3O4. The first-order chi connectivity index (χ1) is 12.3. The Kier molecular flexibility index (Phi) is 4.15. The third-order valence-electron chi connectivity index (χ3n) is 4.32. The van der Waals surface area contributed by atoms with Crippen LogP contribution in [0.5, 0.6) is 5.75 Å². The molecule has 3 aromatic rings. The number of H-pyrrole nitrogens is 1. The number of carbonyl (C=O) groups is 1. The van der Waals surface area contributed by atoms with E-state index in [1.165, 1.54) is 0 Å². The summed E-state index contributed by atoms with van der Waals surface area (Å²) in [5.74, 6) is 1.14. The summed E-state index contributed by atoms with van der Waals surface area (Å²) in [6.07, 6.45) is 3.64. The lowest BCUT2D eigenvalue weighted by molar-refractivity contribution is 0.0903. The number of para-hydroxylation sites is 1. The average molecular weight is 341 g/mol. The Hall–Kier alpha value is -2.80. The highest BCUT2D eigenvalue weighted by Gasteiger charge is 2.33. The van der Waals surface area contributed by atoms with E-state index in [1.807, 2.05) is 31.2 Å². The lowest BCUT2D eigenvalue weighted by Crippen LogP contribution is -2.45. The van der Waals surface area contributed by atoms with Crippen LogP contribution < -0.4 is 10.1 Å². The summed E-state index contributed by atoms with van der Waals surface area (Å²) in [4.78, 5) is 12.9. The maximum atomic E-state index is 12.9. The van der Waals surface area contributed by atoms with E-state index < -0.39 is 0 Å². The number of hydrogen-bond donors (Lipinski definition) is 2. The van der Waals surface area contributed by atoms with Crippen molar-refractivity contribution in [3.63, 3.8) is 0 Å². The van der Waals surface area contributed by atoms with E-state index in [0.717, 1.165) is 11.0 Å². The van der Waals surface area contributed by atoms with Crippen molar-refractivity contribution < 1.29 is 18.7 Å². The molecule has 1 fully saturated rings. The van der Waals surface area contributed by atoms with Crippen molar-refractivity contribution in [3.05, 3.63) is 48.0 Å². The number of amides is 1. The van der Waals surface area contributed by atoms with Gasteiger partial charge in [-0.05, 0) is 6.07 Å². The van der Waals surface area contributed by atoms with Crippen LogP contribution in [-0.2, 0) is 11.2 Å². The highest BCUT2D eigenvalue weighted by molar-refractivity contribution is 6.07. The molecule has 1 amide bonds. The van der Waals surface area contributed by atoms with Crippen molar-refractivity contribution >= 4 is 16.9 Å². The second kappa shape index (κ2) is 6.60. The normalized spacial score (nSPS) is 20.0. The minimum absolute atomic E-state index is 0.168. The fourth-order valence-corrected chi connectivity index (χ4v) is 3.10. The number of aryl methyl sites for hydroxylation is 1. The van der Waals surface area contributed by atoms with Crippen molar-refractivity contribution in [3.8, 4) is 5.75 Å². The van der Waals surface area contributed by atoms with Gasteiger partial charge in [0.1, 0.15) is 17.4 Å². The molecule has 2 aromatic heterocycles. The average Bonchev–Trinajstić information content (AvgIpc) is 3.35. The number of rotatable bonds is 5. The number of ether oxygens (including phenoxy) is 2. The molecule has 0 saturated carbocycles. The van der Waals surface area contributed by atoms with Crippen LogP contribution in [0.2, 0.25) is 0 Å². The number of hydrogen-bond acceptors (Lipinski definition) is 5. The monoisotopic (exact) mass is 341 g/mol. The summed E-state index contributed by atoms with van der Waals surface area (Å²) >= 11 is 0. The fraction of sp³-hybridized carbons (Fsp3) is 0.333. The maximum Gasteiger partial charge on any atom is 0.255 e. The first-order valence-corrected chi connectivity index (χ1v) is 8.30. The molecule has 2 atom stereocenters. The van der Waals surface area contributed by atoms with E-state index in [9.17, 15) is 4.79 Å². The standard InChI is InChI=1S/C18H19N3O4/c1-2-14-17(12-5-3-4-6-15(12)25-14)18(22)21-13-9-23-10-16(13)24-11-7-19-20-8-11/h3-8,13,16H,2,9-10H2,1H3,(H,19,20)(H,21,22)/t13-,16+/m0/s1. The van der Waals surface area contributed by atoms with Crippen LogP contribution in [0.25, 0.3) is 11.0 Å². The number of nitrogens with one attached hydrogen (secondary N) is 2. The zero-order valence-corrected chi connectivity index (χ0v) is 13.8. The lowest BCUT2D eigenvalue weighted by Gasteiger charge is -2.19. The molecule has 1 aromatic carbocycles. The number of carbonyl (C=O) groups excluding carboxylic acids is 1. The summed E-state index contributed by atoms with van der Waals surface area (Å²) in [6, 6.07) is 7.33. The van der Waals surface area contributed by atoms with Crippen LogP contribution in [-0.4, -0.2) is 41.5 Å². The van der Waals surface area contributed by atoms with Crippen LogP contribution >= 0.6 is 0 Å². The Morgan fingerprint density at radius 3 is 3.08 bits per heavy atom. The lowest BCUT2D eigenvalue weighted by atomic mass is 10.1. The number of benzene rings is 1. The van der Waals surface area contributed by atoms with Gasteiger partial charge in [0, 0.05) is 11.8 Å². The van der Waals surface area contributed by atoms with Crippen LogP contribution in [0.4, 0.5) is 0 Å². The van der Waals surface area contributed by atoms with Crippen LogP contribution in [0.3, 0.4) is 0 Å². The molecule has 4 rings (SSSR count). The Bertz CT molecular complexity index is 872. The smallest absolute Gasteiger partial charge is 0.255 e. The van der Waals surface area contributed by atoms with Gasteiger partial charge >= 0.3 is 0 Å². The zero-order chi connectivity index (χ0) is 17.2. The van der Waals surface area contributed by atoms with E-state index in [0.29, 0.717) is 36.7 Å². The number of nitrogens with zero attached hydrogens (tertiary/aromatic N) is 1. The predicted molar refractivity (Wildman–Crippen MR) is 90.7 cm³/mol. The molecule has 0 unspecified atom stereocenters. The van der Waals surface area contributed by atoms with E-state index in [-0.39, 0.29) is 18.1 Å². The number of fused-ring (bicyclic) bond motifs is 1. The SMILES string of the molecule is CCc1oc2ccccc2c1C(=O)N[C@H]1COC[C@H]1Oc1cn[nH]c1. The minimum Gasteiger partial charge on any atom is -0.482 e. The molecule has 130 valence electrons. The highest BCUT2D eigenvalue weighted by Crippen LogP contribution is 2.26. The van der Waals surface area contributed by atoms with E-state index in [2.05, 4.69) is 15.5 Å². The van der Waals surface area contributed by atoms with Gasteiger partial charge in [-0.1, -0.05) is 25.1 Å². The van der Waals surface area contributed by atoms with Gasteiger partial charge in [0.05, 0.1) is 37.2 Å². The van der Waals surface area contributed by atoms with Gasteiger partial charge in [0.15, 0.2) is 5.75 Å². The molecule has 1 saturated heterocycles. The summed E-state index contributed by atoms with van der Waals surface area (Å²) < 4.78 is 17.1. The Balaban J connectivity index is 1.55. The molecule has 0 spiro atoms. The number of aromatic amines is 1. The van der Waals surface area contributed by atoms with E-state index in [4.69, 9.17) is 13.9 Å². The van der Waals surface area contributed by atoms with Crippen LogP contribution in [0.1, 0.15) is 23.0 Å². The largest absolute Gasteiger partial charge is 0.482 e. The molecule has 7 nitrogen and oxygen atoms in total. The van der Waals surface area contributed by atoms with Crippen molar-refractivity contribution in [1.29, 1.82) is 0 Å². The molecule has 3 heterocycles. The van der Waals surface area contributed by atoms with Crippen molar-refractivity contribution in [2.75, 3.05) is 13.2 Å². The van der Waals surface area contributed by atoms with Gasteiger partial charge in [0.2, 0.25) is 0 Å². The van der Waals surface area contributed by atoms with Gasteiger partial charge in [-0.3, -0.25) is 9.89 Å². The van der Waals surface area contributed by atoms with Gasteiger partial charge in [-0.2, -0.15) is 5.10 Å². The fourth-order valence-electron chi connectivity index (χ4n) is 3.10. The molecule has 7 heteroatoms. The van der Waals surface area contributed by atoms with Crippen molar-refractivity contribution in [2.24, 2.45) is 0 Å². The summed E-state index contributed by atoms with van der Waals surface area (Å²) in [5.41, 5.74) is 1.31. The number of furan rings is 1. The number of aromatic nitrogens is 2. The Morgan fingerprint density at radius 2 is 2.28 bits per heavy atom. The van der Waals surface area contributed by atoms with Gasteiger partial charge in [0.25, 0.3) is 5.91 Å². The topological polar surface area (TPSA) is 89.4 Å². The first-order valence-electron chi connectivity index (χ1n) is 8.30. The molecule has 1 aliphatic rings. The molecule has 25 heavy (non-hydrogen) atoms. The summed E-state index contributed by atoms with van der Waals surface area (Å²) in [5, 5.41) is 10.4. The quantitative estimate of drug-likeness (QED) is 0.743. The third kappa shape index (κ3) is 2.98. The molecule has 1 aliphatic heterocycles. The third-order valence-corrected chi connectivity index (χ3v) is 4.32. The minimum atomic E-state index is -0.259. The van der Waals surface area contributed by atoms with Crippen LogP contribution in [0.15, 0.2) is 41.1 Å². The van der Waals surface area contributed by atoms with Crippen LogP contribution in [0, 0.1) is 0 Å². The molecule has 2 N–H and O–H groups in total. The molecule has 0 bridgehead atoms. The molecular weight excluding hydrogens is 322 g/mol. The second-order valence-corrected chi connectivity index (χ2v) is 5.96. The Morgan fingerprint density at radius 1 is 1.40 bits per heavy atom. The van der Waals surface area contributed by atoms with Crippen molar-refractivity contribution in [1.82, 2.24) is 15.5 Å². The van der Waals surface area contributed by atoms with Crippen molar-refractivity contribution in [2.45, 2.75) is 25.5 Å². The Labute approximate surface area is 144 Å². The summed E-state index contributed by atoms with van der Waals surface area (Å²) in [6.45, 7) is 2.80. The van der Waals surface area contributed by atoms with E-state index in [1.54, 1.807) is 12.4 Å². The second-order valence-electron chi connectivity index (χ2n) is 5.96. The predicted octanol–water partition coefficient (Wildman–Crippen LogP) is 2.29. The molecule has 0 aliphatic carbocycles. The highest BCUT2D eigenvalue weighted by atomic mass is 16.5. The zero-order valence-electron chi connectivity index (χ0n) is 13.8. The molecule has 0 radical (unpaired) electrons. The van der Waals surface area contributed by atoms with Gasteiger partial charge in [-0.25, -0.2) is 0 Å².